The average Bonchev–Trinajstić information content (AvgIpc) is 2.67. The molecule has 2 N–H and O–H groups in total. The van der Waals surface area contributed by atoms with Crippen LogP contribution >= 0.6 is 0 Å². The van der Waals surface area contributed by atoms with E-state index in [-0.39, 0.29) is 0 Å². The van der Waals surface area contributed by atoms with E-state index in [4.69, 9.17) is 4.52 Å². The van der Waals surface area contributed by atoms with Gasteiger partial charge in [-0.15, -0.1) is 0 Å². The van der Waals surface area contributed by atoms with Crippen molar-refractivity contribution in [2.45, 2.75) is 20.4 Å². The number of anilines is 2. The smallest absolute Gasteiger partial charge is 0.229 e. The van der Waals surface area contributed by atoms with Crippen LogP contribution in [0.3, 0.4) is 0 Å². The molecule has 1 heterocycles. The van der Waals surface area contributed by atoms with Crippen LogP contribution in [0.2, 0.25) is 0 Å². The molecule has 0 aliphatic heterocycles. The molecule has 2 rings (SSSR count). The minimum absolute atomic E-state index is 0.537. The molecule has 1 aromatic carbocycles. The number of rotatable bonds is 5. The molecule has 0 atom stereocenters. The summed E-state index contributed by atoms with van der Waals surface area (Å²) >= 11 is 0. The molecule has 0 amide bonds. The molecule has 0 fully saturated rings. The van der Waals surface area contributed by atoms with Crippen molar-refractivity contribution in [1.29, 1.82) is 0 Å². The summed E-state index contributed by atoms with van der Waals surface area (Å²) in [6.07, 6.45) is 1.12. The van der Waals surface area contributed by atoms with E-state index in [2.05, 4.69) is 15.2 Å². The molecule has 0 saturated heterocycles. The van der Waals surface area contributed by atoms with Crippen molar-refractivity contribution in [2.24, 2.45) is 0 Å². The van der Waals surface area contributed by atoms with Crippen molar-refractivity contribution >= 4 is 21.4 Å². The van der Waals surface area contributed by atoms with E-state index in [1.807, 2.05) is 26.0 Å². The molecule has 0 saturated carbocycles. The second kappa shape index (κ2) is 5.54. The van der Waals surface area contributed by atoms with Crippen LogP contribution < -0.4 is 10.0 Å². The number of nitrogens with zero attached hydrogens (tertiary/aromatic N) is 1. The zero-order valence-electron chi connectivity index (χ0n) is 11.6. The maximum atomic E-state index is 11.1. The number of hydrogen-bond donors (Lipinski definition) is 2. The van der Waals surface area contributed by atoms with Crippen LogP contribution in [0.5, 0.6) is 0 Å². The summed E-state index contributed by atoms with van der Waals surface area (Å²) in [6, 6.07) is 7.03. The van der Waals surface area contributed by atoms with E-state index in [1.165, 1.54) is 0 Å². The monoisotopic (exact) mass is 295 g/mol. The third kappa shape index (κ3) is 3.74. The van der Waals surface area contributed by atoms with Crippen LogP contribution in [-0.4, -0.2) is 19.8 Å². The molecule has 0 bridgehead atoms. The number of aryl methyl sites for hydroxylation is 2. The second-order valence-electron chi connectivity index (χ2n) is 4.61. The molecule has 6 nitrogen and oxygen atoms in total. The number of benzene rings is 1. The Kier molecular flexibility index (Phi) is 3.99. The van der Waals surface area contributed by atoms with E-state index in [0.717, 1.165) is 29.0 Å². The largest absolute Gasteiger partial charge is 0.381 e. The van der Waals surface area contributed by atoms with Gasteiger partial charge in [-0.05, 0) is 38.1 Å². The maximum Gasteiger partial charge on any atom is 0.229 e. The first-order valence-electron chi connectivity index (χ1n) is 6.08. The normalized spacial score (nSPS) is 11.3. The molecule has 108 valence electrons. The van der Waals surface area contributed by atoms with Gasteiger partial charge in [0.05, 0.1) is 11.9 Å². The highest BCUT2D eigenvalue weighted by Gasteiger charge is 2.08. The van der Waals surface area contributed by atoms with E-state index < -0.39 is 10.0 Å². The summed E-state index contributed by atoms with van der Waals surface area (Å²) in [5.74, 6) is 0.797. The molecular weight excluding hydrogens is 278 g/mol. The van der Waals surface area contributed by atoms with Crippen LogP contribution in [0.15, 0.2) is 28.8 Å². The standard InChI is InChI=1S/C13H17N3O3S/c1-9-13(10(2)19-15-9)8-14-11-4-6-12(7-5-11)16-20(3,17)18/h4-7,14,16H,8H2,1-3H3. The van der Waals surface area contributed by atoms with E-state index in [9.17, 15) is 8.42 Å². The Morgan fingerprint density at radius 1 is 1.15 bits per heavy atom. The third-order valence-corrected chi connectivity index (χ3v) is 3.45. The molecule has 0 unspecified atom stereocenters. The summed E-state index contributed by atoms with van der Waals surface area (Å²) in [5, 5.41) is 7.13. The highest BCUT2D eigenvalue weighted by Crippen LogP contribution is 2.17. The van der Waals surface area contributed by atoms with Gasteiger partial charge in [0.15, 0.2) is 0 Å². The van der Waals surface area contributed by atoms with Gasteiger partial charge in [-0.2, -0.15) is 0 Å². The molecule has 0 spiro atoms. The van der Waals surface area contributed by atoms with Crippen molar-refractivity contribution in [3.05, 3.63) is 41.3 Å². The van der Waals surface area contributed by atoms with Gasteiger partial charge in [-0.3, -0.25) is 4.72 Å². The Hall–Kier alpha value is -2.02. The van der Waals surface area contributed by atoms with Crippen LogP contribution in [0, 0.1) is 13.8 Å². The number of nitrogens with one attached hydrogen (secondary N) is 2. The van der Waals surface area contributed by atoms with Crippen LogP contribution in [0.25, 0.3) is 0 Å². The number of sulfonamides is 1. The lowest BCUT2D eigenvalue weighted by molar-refractivity contribution is 0.392. The van der Waals surface area contributed by atoms with Crippen molar-refractivity contribution in [2.75, 3.05) is 16.3 Å². The van der Waals surface area contributed by atoms with Gasteiger partial charge in [0.25, 0.3) is 0 Å². The second-order valence-corrected chi connectivity index (χ2v) is 6.36. The lowest BCUT2D eigenvalue weighted by Crippen LogP contribution is -2.09. The predicted molar refractivity (Wildman–Crippen MR) is 78.2 cm³/mol. The van der Waals surface area contributed by atoms with Gasteiger partial charge in [-0.1, -0.05) is 5.16 Å². The van der Waals surface area contributed by atoms with Gasteiger partial charge < -0.3 is 9.84 Å². The van der Waals surface area contributed by atoms with E-state index in [1.54, 1.807) is 12.1 Å². The first kappa shape index (κ1) is 14.4. The lowest BCUT2D eigenvalue weighted by Gasteiger charge is -2.08. The quantitative estimate of drug-likeness (QED) is 0.884. The topological polar surface area (TPSA) is 84.2 Å². The molecular formula is C13H17N3O3S. The highest BCUT2D eigenvalue weighted by molar-refractivity contribution is 7.92. The van der Waals surface area contributed by atoms with Crippen molar-refractivity contribution in [1.82, 2.24) is 5.16 Å². The van der Waals surface area contributed by atoms with E-state index in [0.29, 0.717) is 12.2 Å². The Labute approximate surface area is 118 Å². The zero-order valence-corrected chi connectivity index (χ0v) is 12.4. The summed E-state index contributed by atoms with van der Waals surface area (Å²) in [5.41, 5.74) is 3.33. The zero-order chi connectivity index (χ0) is 14.8. The van der Waals surface area contributed by atoms with Crippen molar-refractivity contribution < 1.29 is 12.9 Å². The summed E-state index contributed by atoms with van der Waals surface area (Å²) in [4.78, 5) is 0. The summed E-state index contributed by atoms with van der Waals surface area (Å²) in [7, 11) is -3.24. The molecule has 20 heavy (non-hydrogen) atoms. The van der Waals surface area contributed by atoms with Gasteiger partial charge in [0.1, 0.15) is 5.76 Å². The van der Waals surface area contributed by atoms with Gasteiger partial charge in [-0.25, -0.2) is 8.42 Å². The fourth-order valence-corrected chi connectivity index (χ4v) is 2.38. The maximum absolute atomic E-state index is 11.1. The van der Waals surface area contributed by atoms with Crippen molar-refractivity contribution in [3.8, 4) is 0 Å². The lowest BCUT2D eigenvalue weighted by atomic mass is 10.2. The molecule has 2 aromatic rings. The van der Waals surface area contributed by atoms with Crippen LogP contribution in [0.4, 0.5) is 11.4 Å². The fourth-order valence-electron chi connectivity index (χ4n) is 1.81. The van der Waals surface area contributed by atoms with Crippen molar-refractivity contribution in [3.63, 3.8) is 0 Å². The fraction of sp³-hybridized carbons (Fsp3) is 0.308. The van der Waals surface area contributed by atoms with Crippen LogP contribution in [-0.2, 0) is 16.6 Å². The molecule has 0 aliphatic carbocycles. The van der Waals surface area contributed by atoms with Gasteiger partial charge in [0.2, 0.25) is 10.0 Å². The Bertz CT molecular complexity index is 671. The first-order valence-corrected chi connectivity index (χ1v) is 7.98. The predicted octanol–water partition coefficient (Wildman–Crippen LogP) is 2.28. The minimum atomic E-state index is -3.24. The molecule has 0 aliphatic rings. The van der Waals surface area contributed by atoms with E-state index >= 15 is 0 Å². The average molecular weight is 295 g/mol. The Morgan fingerprint density at radius 2 is 1.75 bits per heavy atom. The molecule has 7 heteroatoms. The Morgan fingerprint density at radius 3 is 2.25 bits per heavy atom. The van der Waals surface area contributed by atoms with Crippen LogP contribution in [0.1, 0.15) is 17.0 Å². The summed E-state index contributed by atoms with van der Waals surface area (Å²) < 4.78 is 29.7. The first-order chi connectivity index (χ1) is 9.35. The highest BCUT2D eigenvalue weighted by atomic mass is 32.2. The summed E-state index contributed by atoms with van der Waals surface area (Å²) in [6.45, 7) is 4.38. The number of hydrogen-bond acceptors (Lipinski definition) is 5. The minimum Gasteiger partial charge on any atom is -0.381 e. The van der Waals surface area contributed by atoms with Gasteiger partial charge >= 0.3 is 0 Å². The third-order valence-electron chi connectivity index (χ3n) is 2.84. The molecule has 1 aromatic heterocycles. The Balaban J connectivity index is 2.01. The SMILES string of the molecule is Cc1noc(C)c1CNc1ccc(NS(C)(=O)=O)cc1. The molecule has 0 radical (unpaired) electrons. The van der Waals surface area contributed by atoms with Gasteiger partial charge in [0, 0.05) is 23.5 Å². The number of aromatic nitrogens is 1.